The smallest absolute Gasteiger partial charge is 0.404 e. The molecule has 3 aromatic heterocycles. The summed E-state index contributed by atoms with van der Waals surface area (Å²) < 4.78 is 2.17. The molecule has 1 amide bonds. The molecule has 1 aliphatic heterocycles. The van der Waals surface area contributed by atoms with Gasteiger partial charge in [0.25, 0.3) is 0 Å². The number of amides is 1. The molecule has 0 spiro atoms. The number of anilines is 1. The second-order valence-corrected chi connectivity index (χ2v) is 8.93. The first-order valence-electron chi connectivity index (χ1n) is 11.4. The number of carbonyl (C=O) groups is 1. The summed E-state index contributed by atoms with van der Waals surface area (Å²) in [6.07, 6.45) is 8.15. The van der Waals surface area contributed by atoms with Gasteiger partial charge in [0.2, 0.25) is 0 Å². The lowest BCUT2D eigenvalue weighted by molar-refractivity contribution is 0.187. The van der Waals surface area contributed by atoms with Crippen molar-refractivity contribution in [3.63, 3.8) is 0 Å². The summed E-state index contributed by atoms with van der Waals surface area (Å²) in [7, 11) is 2.17. The third-order valence-corrected chi connectivity index (χ3v) is 6.78. The molecule has 1 aliphatic carbocycles. The van der Waals surface area contributed by atoms with Gasteiger partial charge in [0.05, 0.1) is 17.4 Å². The third kappa shape index (κ3) is 4.14. The highest BCUT2D eigenvalue weighted by Crippen LogP contribution is 2.32. The fraction of sp³-hybridized carbons (Fsp3) is 0.458. The van der Waals surface area contributed by atoms with E-state index >= 15 is 0 Å². The van der Waals surface area contributed by atoms with Gasteiger partial charge in [-0.25, -0.2) is 9.78 Å². The number of pyridine rings is 2. The normalized spacial score (nSPS) is 19.3. The van der Waals surface area contributed by atoms with Crippen LogP contribution in [0.15, 0.2) is 42.7 Å². The Balaban J connectivity index is 1.32. The average molecular weight is 435 g/mol. The zero-order valence-electron chi connectivity index (χ0n) is 18.4. The van der Waals surface area contributed by atoms with Crippen LogP contribution in [0.2, 0.25) is 0 Å². The van der Waals surface area contributed by atoms with Crippen molar-refractivity contribution < 1.29 is 9.90 Å². The number of aromatic nitrogens is 3. The Kier molecular flexibility index (Phi) is 5.70. The summed E-state index contributed by atoms with van der Waals surface area (Å²) in [5.74, 6) is 1.11. The highest BCUT2D eigenvalue weighted by molar-refractivity contribution is 5.65. The van der Waals surface area contributed by atoms with Crippen molar-refractivity contribution in [1.29, 1.82) is 0 Å². The highest BCUT2D eigenvalue weighted by atomic mass is 16.4. The molecular weight excluding hydrogens is 404 g/mol. The van der Waals surface area contributed by atoms with E-state index in [1.54, 1.807) is 0 Å². The van der Waals surface area contributed by atoms with E-state index in [9.17, 15) is 4.79 Å². The van der Waals surface area contributed by atoms with E-state index in [1.165, 1.54) is 17.7 Å². The molecule has 4 heterocycles. The van der Waals surface area contributed by atoms with Crippen molar-refractivity contribution in [2.45, 2.75) is 50.7 Å². The molecule has 0 bridgehead atoms. The van der Waals surface area contributed by atoms with Gasteiger partial charge in [-0.3, -0.25) is 14.3 Å². The van der Waals surface area contributed by atoms with Gasteiger partial charge in [0.1, 0.15) is 11.5 Å². The number of carboxylic acid groups (broad SMARTS) is 1. The minimum Gasteiger partial charge on any atom is -0.465 e. The summed E-state index contributed by atoms with van der Waals surface area (Å²) >= 11 is 0. The van der Waals surface area contributed by atoms with E-state index in [0.717, 1.165) is 62.5 Å². The largest absolute Gasteiger partial charge is 0.465 e. The van der Waals surface area contributed by atoms with Crippen LogP contribution in [0.1, 0.15) is 48.7 Å². The molecule has 168 valence electrons. The summed E-state index contributed by atoms with van der Waals surface area (Å²) in [6.45, 7) is 2.41. The molecule has 2 N–H and O–H groups in total. The molecule has 0 aromatic carbocycles. The molecule has 1 atom stereocenters. The molecule has 0 saturated carbocycles. The Morgan fingerprint density at radius 1 is 1.22 bits per heavy atom. The number of fused-ring (bicyclic) bond motifs is 2. The molecule has 32 heavy (non-hydrogen) atoms. The van der Waals surface area contributed by atoms with E-state index in [1.807, 2.05) is 24.4 Å². The van der Waals surface area contributed by atoms with Crippen molar-refractivity contribution in [2.75, 3.05) is 25.0 Å². The zero-order chi connectivity index (χ0) is 22.1. The van der Waals surface area contributed by atoms with Gasteiger partial charge in [-0.15, -0.1) is 0 Å². The minimum absolute atomic E-state index is 0.0296. The molecule has 1 fully saturated rings. The van der Waals surface area contributed by atoms with Gasteiger partial charge < -0.3 is 15.3 Å². The maximum absolute atomic E-state index is 10.9. The van der Waals surface area contributed by atoms with Gasteiger partial charge in [0, 0.05) is 38.1 Å². The van der Waals surface area contributed by atoms with Gasteiger partial charge in [0.15, 0.2) is 0 Å². The second-order valence-electron chi connectivity index (χ2n) is 8.93. The Morgan fingerprint density at radius 2 is 2.06 bits per heavy atom. The van der Waals surface area contributed by atoms with E-state index in [-0.39, 0.29) is 6.04 Å². The second kappa shape index (κ2) is 8.78. The van der Waals surface area contributed by atoms with E-state index in [2.05, 4.69) is 49.9 Å². The van der Waals surface area contributed by atoms with Crippen LogP contribution in [0.3, 0.4) is 0 Å². The Labute approximate surface area is 187 Å². The molecule has 8 nitrogen and oxygen atoms in total. The number of nitrogens with zero attached hydrogens (tertiary/aromatic N) is 5. The maximum atomic E-state index is 10.9. The fourth-order valence-electron chi connectivity index (χ4n) is 5.19. The molecule has 5 rings (SSSR count). The third-order valence-electron chi connectivity index (χ3n) is 6.78. The van der Waals surface area contributed by atoms with E-state index in [0.29, 0.717) is 6.04 Å². The Bertz CT molecular complexity index is 1100. The predicted molar refractivity (Wildman–Crippen MR) is 123 cm³/mol. The summed E-state index contributed by atoms with van der Waals surface area (Å²) in [5.41, 5.74) is 4.57. The van der Waals surface area contributed by atoms with Crippen LogP contribution < -0.4 is 10.2 Å². The van der Waals surface area contributed by atoms with Crippen molar-refractivity contribution in [3.05, 3.63) is 59.7 Å². The monoisotopic (exact) mass is 434 g/mol. The molecule has 0 radical (unpaired) electrons. The van der Waals surface area contributed by atoms with Crippen LogP contribution in [0, 0.1) is 0 Å². The predicted octanol–water partition coefficient (Wildman–Crippen LogP) is 3.48. The van der Waals surface area contributed by atoms with Crippen LogP contribution in [0.5, 0.6) is 0 Å². The lowest BCUT2D eigenvalue weighted by atomic mass is 9.91. The molecule has 8 heteroatoms. The number of hydrogen-bond acceptors (Lipinski definition) is 5. The molecule has 0 unspecified atom stereocenters. The first-order chi connectivity index (χ1) is 15.6. The lowest BCUT2D eigenvalue weighted by Gasteiger charge is -2.33. The average Bonchev–Trinajstić information content (AvgIpc) is 3.21. The number of nitrogens with one attached hydrogen (secondary N) is 1. The van der Waals surface area contributed by atoms with Gasteiger partial charge in [-0.2, -0.15) is 0 Å². The maximum Gasteiger partial charge on any atom is 0.404 e. The van der Waals surface area contributed by atoms with Crippen LogP contribution >= 0.6 is 0 Å². The molecule has 3 aromatic rings. The van der Waals surface area contributed by atoms with Gasteiger partial charge >= 0.3 is 6.09 Å². The van der Waals surface area contributed by atoms with E-state index in [4.69, 9.17) is 10.1 Å². The minimum atomic E-state index is -0.940. The topological polar surface area (TPSA) is 86.0 Å². The standard InChI is InChI=1S/C24H30N6O2/c1-28(20-7-2-5-17-6-4-12-25-23(17)20)15-19-16-30-21(26-19)8-3-9-22(30)29-13-10-18(11-14-29)27-24(31)32/h3-4,6,8-9,12,16,18,20,27H,2,5,7,10-11,13-15H2,1H3,(H,31,32)/t20-/m0/s1. The van der Waals surface area contributed by atoms with Crippen LogP contribution in [0.4, 0.5) is 10.6 Å². The Morgan fingerprint density at radius 3 is 2.88 bits per heavy atom. The quantitative estimate of drug-likeness (QED) is 0.640. The number of aryl methyl sites for hydroxylation is 1. The summed E-state index contributed by atoms with van der Waals surface area (Å²) in [6, 6.07) is 10.8. The number of rotatable bonds is 5. The number of hydrogen-bond donors (Lipinski definition) is 2. The Hall–Kier alpha value is -3.13. The van der Waals surface area contributed by atoms with Crippen molar-refractivity contribution in [3.8, 4) is 0 Å². The molecular formula is C24H30N6O2. The molecule has 2 aliphatic rings. The van der Waals surface area contributed by atoms with Crippen molar-refractivity contribution in [1.82, 2.24) is 24.6 Å². The number of imidazole rings is 1. The highest BCUT2D eigenvalue weighted by Gasteiger charge is 2.26. The number of piperidine rings is 1. The summed E-state index contributed by atoms with van der Waals surface area (Å²) in [4.78, 5) is 25.2. The van der Waals surface area contributed by atoms with Crippen LogP contribution in [-0.4, -0.2) is 56.6 Å². The van der Waals surface area contributed by atoms with E-state index < -0.39 is 6.09 Å². The SMILES string of the molecule is CN(Cc1cn2c(N3CCC(NC(=O)O)CC3)cccc2n1)[C@H]1CCCc2cccnc21. The summed E-state index contributed by atoms with van der Waals surface area (Å²) in [5, 5.41) is 11.6. The van der Waals surface area contributed by atoms with Crippen LogP contribution in [-0.2, 0) is 13.0 Å². The van der Waals surface area contributed by atoms with Crippen molar-refractivity contribution >= 4 is 17.6 Å². The zero-order valence-corrected chi connectivity index (χ0v) is 18.4. The van der Waals surface area contributed by atoms with Crippen molar-refractivity contribution in [2.24, 2.45) is 0 Å². The van der Waals surface area contributed by atoms with Gasteiger partial charge in [-0.05, 0) is 62.9 Å². The van der Waals surface area contributed by atoms with Crippen LogP contribution in [0.25, 0.3) is 5.65 Å². The first kappa shape index (κ1) is 20.8. The lowest BCUT2D eigenvalue weighted by Crippen LogP contribution is -2.44. The first-order valence-corrected chi connectivity index (χ1v) is 11.4. The van der Waals surface area contributed by atoms with Gasteiger partial charge in [-0.1, -0.05) is 12.1 Å². The molecule has 1 saturated heterocycles. The fourth-order valence-corrected chi connectivity index (χ4v) is 5.19.